The number of ether oxygens (including phenoxy) is 1. The van der Waals surface area contributed by atoms with Crippen molar-refractivity contribution in [2.24, 2.45) is 0 Å². The van der Waals surface area contributed by atoms with E-state index in [9.17, 15) is 28.2 Å². The van der Waals surface area contributed by atoms with Crippen LogP contribution in [0.4, 0.5) is 24.5 Å². The Kier molecular flexibility index (Phi) is 5.97. The van der Waals surface area contributed by atoms with Gasteiger partial charge in [0, 0.05) is 11.3 Å². The molecule has 1 amide bonds. The largest absolute Gasteiger partial charge is 0.488 e. The summed E-state index contributed by atoms with van der Waals surface area (Å²) in [6, 6.07) is 9.01. The van der Waals surface area contributed by atoms with Crippen LogP contribution in [0.15, 0.2) is 42.6 Å². The second-order valence-corrected chi connectivity index (χ2v) is 9.59. The number of carbonyl (C=O) groups excluding carboxylic acids is 1. The summed E-state index contributed by atoms with van der Waals surface area (Å²) in [5.41, 5.74) is -2.02. The first-order chi connectivity index (χ1) is 17.5. The number of anilines is 2. The van der Waals surface area contributed by atoms with Gasteiger partial charge in [0.15, 0.2) is 10.8 Å². The number of aliphatic hydroxyl groups excluding tert-OH is 2. The Morgan fingerprint density at radius 3 is 2.43 bits per heavy atom. The van der Waals surface area contributed by atoms with E-state index in [1.54, 1.807) is 36.1 Å². The van der Waals surface area contributed by atoms with Crippen LogP contribution >= 0.6 is 12.2 Å². The van der Waals surface area contributed by atoms with Crippen LogP contribution in [0.3, 0.4) is 0 Å². The second-order valence-electron chi connectivity index (χ2n) is 9.22. The van der Waals surface area contributed by atoms with Crippen LogP contribution < -0.4 is 9.80 Å². The first-order valence-electron chi connectivity index (χ1n) is 11.5. The molecule has 3 aliphatic rings. The molecule has 8 nitrogen and oxygen atoms in total. The lowest BCUT2D eigenvalue weighted by molar-refractivity contribution is -0.138. The molecule has 5 rings (SSSR count). The summed E-state index contributed by atoms with van der Waals surface area (Å²) < 4.78 is 46.3. The number of pyridine rings is 1. The van der Waals surface area contributed by atoms with E-state index in [0.29, 0.717) is 29.9 Å². The number of rotatable bonds is 3. The van der Waals surface area contributed by atoms with E-state index in [1.165, 1.54) is 12.1 Å². The van der Waals surface area contributed by atoms with Crippen LogP contribution in [0.5, 0.6) is 0 Å². The predicted octanol–water partition coefficient (Wildman–Crippen LogP) is 3.51. The Bertz CT molecular complexity index is 1350. The molecule has 2 aromatic rings. The first kappa shape index (κ1) is 25.1. The number of aromatic nitrogens is 1. The summed E-state index contributed by atoms with van der Waals surface area (Å²) in [4.78, 5) is 19.9. The first-order valence-corrected chi connectivity index (χ1v) is 11.9. The van der Waals surface area contributed by atoms with Crippen LogP contribution in [-0.4, -0.2) is 50.1 Å². The summed E-state index contributed by atoms with van der Waals surface area (Å²) in [7, 11) is 0. The molecule has 0 unspecified atom stereocenters. The molecular formula is C25H21F3N4O4S. The SMILES string of the molecule is C[C@H]1OC(c2ccc(N3C(=S)N(c4cnc(C#N)c(C(F)(F)F)c4)C(=O)C34CCC4)cc2)=C[C@@H](O)[C@@H]1O. The van der Waals surface area contributed by atoms with Crippen LogP contribution in [-0.2, 0) is 15.7 Å². The van der Waals surface area contributed by atoms with Crippen molar-refractivity contribution in [1.29, 1.82) is 5.26 Å². The Labute approximate surface area is 215 Å². The third-order valence-corrected chi connectivity index (χ3v) is 7.38. The van der Waals surface area contributed by atoms with Crippen LogP contribution in [0.25, 0.3) is 5.76 Å². The minimum Gasteiger partial charge on any atom is -0.488 e. The summed E-state index contributed by atoms with van der Waals surface area (Å²) in [5, 5.41) is 29.0. The molecule has 12 heteroatoms. The maximum Gasteiger partial charge on any atom is 0.419 e. The van der Waals surface area contributed by atoms with Crippen LogP contribution in [0, 0.1) is 11.3 Å². The molecule has 2 aliphatic heterocycles. The van der Waals surface area contributed by atoms with Crippen molar-refractivity contribution in [2.75, 3.05) is 9.80 Å². The molecule has 2 fully saturated rings. The quantitative estimate of drug-likeness (QED) is 0.581. The Morgan fingerprint density at radius 1 is 1.22 bits per heavy atom. The van der Waals surface area contributed by atoms with Crippen molar-refractivity contribution in [2.45, 2.75) is 56.2 Å². The predicted molar refractivity (Wildman–Crippen MR) is 130 cm³/mol. The number of benzene rings is 1. The molecule has 1 saturated carbocycles. The number of nitriles is 1. The molecule has 1 saturated heterocycles. The monoisotopic (exact) mass is 530 g/mol. The lowest BCUT2D eigenvalue weighted by Gasteiger charge is -2.43. The van der Waals surface area contributed by atoms with Gasteiger partial charge in [-0.1, -0.05) is 0 Å². The van der Waals surface area contributed by atoms with Gasteiger partial charge in [-0.05, 0) is 74.8 Å². The van der Waals surface area contributed by atoms with Gasteiger partial charge in [0.2, 0.25) is 0 Å². The van der Waals surface area contributed by atoms with E-state index in [1.807, 2.05) is 0 Å². The number of nitrogens with zero attached hydrogens (tertiary/aromatic N) is 4. The molecule has 1 aromatic carbocycles. The van der Waals surface area contributed by atoms with Gasteiger partial charge in [-0.3, -0.25) is 9.69 Å². The van der Waals surface area contributed by atoms with E-state index in [2.05, 4.69) is 4.98 Å². The van der Waals surface area contributed by atoms with E-state index in [-0.39, 0.29) is 10.8 Å². The Balaban J connectivity index is 1.50. The van der Waals surface area contributed by atoms with E-state index in [4.69, 9.17) is 22.2 Å². The molecule has 1 aromatic heterocycles. The molecule has 0 bridgehead atoms. The molecule has 3 atom stereocenters. The standard InChI is InChI=1S/C25H21F3N4O4S/c1-13-21(34)19(33)10-20(36-13)14-3-5-15(6-4-14)32-23(37)31(22(35)24(32)7-2-8-24)16-9-17(25(26,27)28)18(11-29)30-12-16/h3-6,9-10,12-13,19,21,33-34H,2,7-8H2,1H3/t13-,19-,21-/m1/s1. The number of hydrogen-bond donors (Lipinski definition) is 2. The zero-order chi connectivity index (χ0) is 26.7. The fraction of sp³-hybridized carbons (Fsp3) is 0.360. The molecule has 37 heavy (non-hydrogen) atoms. The third kappa shape index (κ3) is 3.94. The van der Waals surface area contributed by atoms with Gasteiger partial charge in [0.25, 0.3) is 5.91 Å². The minimum absolute atomic E-state index is 0.0115. The maximum absolute atomic E-state index is 13.6. The van der Waals surface area contributed by atoms with Gasteiger partial charge >= 0.3 is 6.18 Å². The maximum atomic E-state index is 13.6. The Hall–Kier alpha value is -3.53. The van der Waals surface area contributed by atoms with Gasteiger partial charge in [-0.2, -0.15) is 18.4 Å². The summed E-state index contributed by atoms with van der Waals surface area (Å²) >= 11 is 5.61. The topological polar surface area (TPSA) is 110 Å². The van der Waals surface area contributed by atoms with Crippen molar-refractivity contribution < 1.29 is 32.9 Å². The number of carbonyl (C=O) groups is 1. The Morgan fingerprint density at radius 2 is 1.89 bits per heavy atom. The lowest BCUT2D eigenvalue weighted by Crippen LogP contribution is -2.55. The van der Waals surface area contributed by atoms with Gasteiger partial charge in [0.1, 0.15) is 35.7 Å². The van der Waals surface area contributed by atoms with Crippen molar-refractivity contribution >= 4 is 40.4 Å². The zero-order valence-electron chi connectivity index (χ0n) is 19.4. The van der Waals surface area contributed by atoms with Gasteiger partial charge in [-0.15, -0.1) is 0 Å². The molecule has 3 heterocycles. The molecule has 2 N–H and O–H groups in total. The highest BCUT2D eigenvalue weighted by Gasteiger charge is 2.59. The average molecular weight is 531 g/mol. The fourth-order valence-electron chi connectivity index (χ4n) is 4.87. The zero-order valence-corrected chi connectivity index (χ0v) is 20.3. The number of hydrogen-bond acceptors (Lipinski definition) is 7. The number of aliphatic hydroxyl groups is 2. The molecule has 1 spiro atoms. The van der Waals surface area contributed by atoms with Gasteiger partial charge in [0.05, 0.1) is 17.4 Å². The van der Waals surface area contributed by atoms with Crippen molar-refractivity contribution in [3.63, 3.8) is 0 Å². The van der Waals surface area contributed by atoms with E-state index >= 15 is 0 Å². The van der Waals surface area contributed by atoms with Crippen LogP contribution in [0.1, 0.15) is 43.0 Å². The fourth-order valence-corrected chi connectivity index (χ4v) is 5.34. The molecule has 0 radical (unpaired) electrons. The molecular weight excluding hydrogens is 509 g/mol. The molecule has 192 valence electrons. The van der Waals surface area contributed by atoms with Gasteiger partial charge < -0.3 is 19.8 Å². The molecule has 1 aliphatic carbocycles. The highest BCUT2D eigenvalue weighted by Crippen LogP contribution is 2.48. The van der Waals surface area contributed by atoms with E-state index in [0.717, 1.165) is 23.6 Å². The number of amides is 1. The normalized spacial score (nSPS) is 25.0. The smallest absolute Gasteiger partial charge is 0.419 e. The van der Waals surface area contributed by atoms with Gasteiger partial charge in [-0.25, -0.2) is 4.98 Å². The van der Waals surface area contributed by atoms with Crippen molar-refractivity contribution in [3.05, 3.63) is 59.4 Å². The average Bonchev–Trinajstić information content (AvgIpc) is 3.08. The highest BCUT2D eigenvalue weighted by atomic mass is 32.1. The number of thiocarbonyl (C=S) groups is 1. The summed E-state index contributed by atoms with van der Waals surface area (Å²) in [6.45, 7) is 1.64. The van der Waals surface area contributed by atoms with E-state index < -0.39 is 47.2 Å². The summed E-state index contributed by atoms with van der Waals surface area (Å²) in [6.07, 6.45) is -3.45. The minimum atomic E-state index is -4.83. The number of halogens is 3. The van der Waals surface area contributed by atoms with Crippen LogP contribution in [0.2, 0.25) is 0 Å². The summed E-state index contributed by atoms with van der Waals surface area (Å²) in [5.74, 6) is -0.0584. The lowest BCUT2D eigenvalue weighted by atomic mass is 9.75. The van der Waals surface area contributed by atoms with Crippen molar-refractivity contribution in [1.82, 2.24) is 4.98 Å². The number of alkyl halides is 3. The van der Waals surface area contributed by atoms with Crippen molar-refractivity contribution in [3.8, 4) is 6.07 Å². The third-order valence-electron chi connectivity index (χ3n) is 7.01. The second kappa shape index (κ2) is 8.79. The highest BCUT2D eigenvalue weighted by molar-refractivity contribution is 7.81.